The molecule has 1 unspecified atom stereocenters. The maximum absolute atomic E-state index is 9.43. The zero-order valence-corrected chi connectivity index (χ0v) is 13.3. The van der Waals surface area contributed by atoms with E-state index < -0.39 is 11.9 Å². The zero-order chi connectivity index (χ0) is 17.4. The van der Waals surface area contributed by atoms with Gasteiger partial charge in [-0.1, -0.05) is 19.9 Å². The van der Waals surface area contributed by atoms with Crippen molar-refractivity contribution in [2.45, 2.75) is 32.8 Å². The standard InChI is InChI=1S/C14H21NO2.C2H2O4/c1-10(2)8-15-9-13-6-4-11-3-5-12(16)7-14(11)17-13;3-1(4)2(5)6/h3,5,7,10,13,15-16H,4,6,8-9H2,1-2H3;(H,3,4)(H,5,6). The molecule has 0 saturated heterocycles. The van der Waals surface area contributed by atoms with Crippen LogP contribution in [-0.2, 0) is 16.0 Å². The summed E-state index contributed by atoms with van der Waals surface area (Å²) in [4.78, 5) is 18.2. The molecule has 1 aromatic carbocycles. The van der Waals surface area contributed by atoms with E-state index in [1.54, 1.807) is 12.1 Å². The highest BCUT2D eigenvalue weighted by molar-refractivity contribution is 6.27. The summed E-state index contributed by atoms with van der Waals surface area (Å²) in [6.45, 7) is 6.30. The molecular weight excluding hydrogens is 302 g/mol. The number of fused-ring (bicyclic) bond motifs is 1. The molecule has 4 N–H and O–H groups in total. The summed E-state index contributed by atoms with van der Waals surface area (Å²) in [5.41, 5.74) is 1.20. The molecule has 0 saturated carbocycles. The number of aryl methyl sites for hydroxylation is 1. The molecule has 128 valence electrons. The quantitative estimate of drug-likeness (QED) is 0.620. The molecule has 0 bridgehead atoms. The number of carboxylic acid groups (broad SMARTS) is 2. The molecule has 23 heavy (non-hydrogen) atoms. The third kappa shape index (κ3) is 7.01. The van der Waals surface area contributed by atoms with Gasteiger partial charge in [-0.3, -0.25) is 0 Å². The van der Waals surface area contributed by atoms with Crippen LogP contribution >= 0.6 is 0 Å². The number of phenolic OH excluding ortho intramolecular Hbond substituents is 1. The maximum atomic E-state index is 9.43. The Labute approximate surface area is 134 Å². The second-order valence-electron chi connectivity index (χ2n) is 5.73. The number of benzene rings is 1. The minimum atomic E-state index is -1.82. The van der Waals surface area contributed by atoms with Crippen molar-refractivity contribution in [3.05, 3.63) is 23.8 Å². The Balaban J connectivity index is 0.000000379. The van der Waals surface area contributed by atoms with Gasteiger partial charge in [0, 0.05) is 12.6 Å². The first-order chi connectivity index (χ1) is 10.8. The van der Waals surface area contributed by atoms with Crippen molar-refractivity contribution in [1.82, 2.24) is 5.32 Å². The van der Waals surface area contributed by atoms with Gasteiger partial charge >= 0.3 is 11.9 Å². The van der Waals surface area contributed by atoms with E-state index in [2.05, 4.69) is 19.2 Å². The first-order valence-corrected chi connectivity index (χ1v) is 7.45. The lowest BCUT2D eigenvalue weighted by atomic mass is 10.0. The van der Waals surface area contributed by atoms with Gasteiger partial charge in [0.15, 0.2) is 0 Å². The Bertz CT molecular complexity index is 531. The van der Waals surface area contributed by atoms with E-state index in [-0.39, 0.29) is 11.9 Å². The first-order valence-electron chi connectivity index (χ1n) is 7.45. The van der Waals surface area contributed by atoms with Gasteiger partial charge in [-0.15, -0.1) is 0 Å². The van der Waals surface area contributed by atoms with E-state index in [0.717, 1.165) is 31.7 Å². The number of ether oxygens (including phenoxy) is 1. The van der Waals surface area contributed by atoms with Gasteiger partial charge in [0.25, 0.3) is 0 Å². The molecule has 1 heterocycles. The topological polar surface area (TPSA) is 116 Å². The van der Waals surface area contributed by atoms with Crippen LogP contribution < -0.4 is 10.1 Å². The Kier molecular flexibility index (Phi) is 7.34. The Hall–Kier alpha value is -2.28. The van der Waals surface area contributed by atoms with E-state index in [0.29, 0.717) is 5.92 Å². The monoisotopic (exact) mass is 325 g/mol. The molecule has 0 amide bonds. The van der Waals surface area contributed by atoms with Gasteiger partial charge in [0.2, 0.25) is 0 Å². The van der Waals surface area contributed by atoms with Crippen molar-refractivity contribution in [1.29, 1.82) is 0 Å². The summed E-state index contributed by atoms with van der Waals surface area (Å²) < 4.78 is 5.87. The summed E-state index contributed by atoms with van der Waals surface area (Å²) >= 11 is 0. The predicted molar refractivity (Wildman–Crippen MR) is 83.8 cm³/mol. The maximum Gasteiger partial charge on any atom is 0.414 e. The number of hydrogen-bond donors (Lipinski definition) is 4. The highest BCUT2D eigenvalue weighted by Gasteiger charge is 2.19. The molecule has 0 aliphatic carbocycles. The molecule has 0 fully saturated rings. The van der Waals surface area contributed by atoms with E-state index in [4.69, 9.17) is 24.5 Å². The van der Waals surface area contributed by atoms with E-state index >= 15 is 0 Å². The average Bonchev–Trinajstić information content (AvgIpc) is 2.47. The van der Waals surface area contributed by atoms with Crippen molar-refractivity contribution >= 4 is 11.9 Å². The minimum absolute atomic E-state index is 0.225. The fraction of sp³-hybridized carbons (Fsp3) is 0.500. The fourth-order valence-electron chi connectivity index (χ4n) is 2.09. The minimum Gasteiger partial charge on any atom is -0.508 e. The lowest BCUT2D eigenvalue weighted by Crippen LogP contribution is -2.35. The molecule has 0 aromatic heterocycles. The molecule has 0 radical (unpaired) electrons. The van der Waals surface area contributed by atoms with Gasteiger partial charge in [-0.05, 0) is 36.9 Å². The normalized spacial score (nSPS) is 15.9. The van der Waals surface area contributed by atoms with Crippen LogP contribution in [-0.4, -0.2) is 46.5 Å². The third-order valence-electron chi connectivity index (χ3n) is 3.19. The van der Waals surface area contributed by atoms with Crippen LogP contribution in [0.1, 0.15) is 25.8 Å². The molecule has 1 aliphatic heterocycles. The number of carbonyl (C=O) groups is 2. The van der Waals surface area contributed by atoms with E-state index in [1.807, 2.05) is 6.07 Å². The zero-order valence-electron chi connectivity index (χ0n) is 13.3. The van der Waals surface area contributed by atoms with Crippen molar-refractivity contribution < 1.29 is 29.6 Å². The lowest BCUT2D eigenvalue weighted by Gasteiger charge is -2.26. The molecule has 0 spiro atoms. The first kappa shape index (κ1) is 18.8. The molecule has 7 heteroatoms. The van der Waals surface area contributed by atoms with Crippen molar-refractivity contribution in [2.24, 2.45) is 5.92 Å². The van der Waals surface area contributed by atoms with Crippen LogP contribution in [0.5, 0.6) is 11.5 Å². The van der Waals surface area contributed by atoms with Crippen LogP contribution in [0.2, 0.25) is 0 Å². The lowest BCUT2D eigenvalue weighted by molar-refractivity contribution is -0.159. The van der Waals surface area contributed by atoms with E-state index in [1.165, 1.54) is 5.56 Å². The van der Waals surface area contributed by atoms with Crippen molar-refractivity contribution in [3.63, 3.8) is 0 Å². The van der Waals surface area contributed by atoms with Crippen LogP contribution in [0, 0.1) is 5.92 Å². The Morgan fingerprint density at radius 2 is 1.96 bits per heavy atom. The van der Waals surface area contributed by atoms with Crippen LogP contribution in [0.15, 0.2) is 18.2 Å². The van der Waals surface area contributed by atoms with Crippen LogP contribution in [0.25, 0.3) is 0 Å². The number of aromatic hydroxyl groups is 1. The summed E-state index contributed by atoms with van der Waals surface area (Å²) in [5, 5.41) is 27.6. The van der Waals surface area contributed by atoms with Crippen molar-refractivity contribution in [3.8, 4) is 11.5 Å². The SMILES string of the molecule is CC(C)CNCC1CCc2ccc(O)cc2O1.O=C(O)C(=O)O. The van der Waals surface area contributed by atoms with Gasteiger partial charge < -0.3 is 25.4 Å². The predicted octanol–water partition coefficient (Wildman–Crippen LogP) is 1.49. The van der Waals surface area contributed by atoms with Crippen LogP contribution in [0.4, 0.5) is 0 Å². The van der Waals surface area contributed by atoms with Gasteiger partial charge in [-0.2, -0.15) is 0 Å². The van der Waals surface area contributed by atoms with Gasteiger partial charge in [0.05, 0.1) is 0 Å². The summed E-state index contributed by atoms with van der Waals surface area (Å²) in [6.07, 6.45) is 2.30. The molecule has 7 nitrogen and oxygen atoms in total. The largest absolute Gasteiger partial charge is 0.508 e. The molecule has 1 atom stereocenters. The molecule has 1 aliphatic rings. The highest BCUT2D eigenvalue weighted by Crippen LogP contribution is 2.30. The number of nitrogens with one attached hydrogen (secondary N) is 1. The number of carboxylic acids is 2. The average molecular weight is 325 g/mol. The number of hydrogen-bond acceptors (Lipinski definition) is 5. The summed E-state index contributed by atoms with van der Waals surface area (Å²) in [6, 6.07) is 5.38. The summed E-state index contributed by atoms with van der Waals surface area (Å²) in [7, 11) is 0. The highest BCUT2D eigenvalue weighted by atomic mass is 16.5. The van der Waals surface area contributed by atoms with Crippen LogP contribution in [0.3, 0.4) is 0 Å². The summed E-state index contributed by atoms with van der Waals surface area (Å²) in [5.74, 6) is -1.87. The molecular formula is C16H23NO6. The number of rotatable bonds is 4. The van der Waals surface area contributed by atoms with Crippen molar-refractivity contribution in [2.75, 3.05) is 13.1 Å². The Morgan fingerprint density at radius 1 is 1.30 bits per heavy atom. The fourth-order valence-corrected chi connectivity index (χ4v) is 2.09. The Morgan fingerprint density at radius 3 is 2.52 bits per heavy atom. The van der Waals surface area contributed by atoms with Gasteiger partial charge in [-0.25, -0.2) is 9.59 Å². The van der Waals surface area contributed by atoms with Gasteiger partial charge in [0.1, 0.15) is 17.6 Å². The second-order valence-corrected chi connectivity index (χ2v) is 5.73. The second kappa shape index (κ2) is 8.99. The molecule has 2 rings (SSSR count). The molecule has 1 aromatic rings. The third-order valence-corrected chi connectivity index (χ3v) is 3.19. The smallest absolute Gasteiger partial charge is 0.414 e. The number of aliphatic carboxylic acids is 2. The number of phenols is 1. The van der Waals surface area contributed by atoms with E-state index in [9.17, 15) is 5.11 Å².